The minimum atomic E-state index is 0.247. The fourth-order valence-corrected chi connectivity index (χ4v) is 3.64. The fourth-order valence-electron chi connectivity index (χ4n) is 3.47. The second kappa shape index (κ2) is 5.38. The number of rotatable bonds is 3. The van der Waals surface area contributed by atoms with Gasteiger partial charge in [0, 0.05) is 18.5 Å². The predicted octanol–water partition coefficient (Wildman–Crippen LogP) is 3.68. The molecule has 2 N–H and O–H groups in total. The van der Waals surface area contributed by atoms with Gasteiger partial charge in [0.25, 0.3) is 0 Å². The van der Waals surface area contributed by atoms with Gasteiger partial charge < -0.3 is 10.3 Å². The molecule has 1 aromatic carbocycles. The van der Waals surface area contributed by atoms with Crippen molar-refractivity contribution < 1.29 is 0 Å². The van der Waals surface area contributed by atoms with E-state index in [0.717, 1.165) is 34.8 Å². The van der Waals surface area contributed by atoms with Crippen LogP contribution in [0.1, 0.15) is 37.9 Å². The van der Waals surface area contributed by atoms with E-state index in [1.54, 1.807) is 0 Å². The van der Waals surface area contributed by atoms with Crippen molar-refractivity contribution in [2.24, 2.45) is 18.2 Å². The molecule has 0 atom stereocenters. The summed E-state index contributed by atoms with van der Waals surface area (Å²) in [6, 6.07) is 5.91. The van der Waals surface area contributed by atoms with Crippen LogP contribution in [0.4, 0.5) is 0 Å². The quantitative estimate of drug-likeness (QED) is 0.937. The SMILES string of the molecule is Cn1c(CC2(CN)CCCCC2)nc2cc(Cl)ccc21. The van der Waals surface area contributed by atoms with Crippen molar-refractivity contribution in [1.29, 1.82) is 0 Å². The van der Waals surface area contributed by atoms with Gasteiger partial charge in [-0.3, -0.25) is 0 Å². The Kier molecular flexibility index (Phi) is 3.74. The third-order valence-electron chi connectivity index (χ3n) is 4.82. The van der Waals surface area contributed by atoms with Gasteiger partial charge in [-0.15, -0.1) is 0 Å². The number of aryl methyl sites for hydroxylation is 1. The van der Waals surface area contributed by atoms with Crippen LogP contribution in [0.2, 0.25) is 5.02 Å². The van der Waals surface area contributed by atoms with Gasteiger partial charge in [-0.1, -0.05) is 30.9 Å². The molecule has 108 valence electrons. The summed E-state index contributed by atoms with van der Waals surface area (Å²) >= 11 is 6.06. The normalized spacial score (nSPS) is 18.6. The predicted molar refractivity (Wildman–Crippen MR) is 84.0 cm³/mol. The summed E-state index contributed by atoms with van der Waals surface area (Å²) in [6.45, 7) is 0.761. The topological polar surface area (TPSA) is 43.8 Å². The number of halogens is 1. The molecule has 20 heavy (non-hydrogen) atoms. The zero-order chi connectivity index (χ0) is 14.2. The largest absolute Gasteiger partial charge is 0.331 e. The number of nitrogens with zero attached hydrogens (tertiary/aromatic N) is 2. The maximum atomic E-state index is 6.10. The van der Waals surface area contributed by atoms with Crippen LogP contribution in [-0.4, -0.2) is 16.1 Å². The molecule has 1 fully saturated rings. The summed E-state index contributed by atoms with van der Waals surface area (Å²) in [4.78, 5) is 4.78. The van der Waals surface area contributed by atoms with Crippen molar-refractivity contribution in [2.75, 3.05) is 6.54 Å². The van der Waals surface area contributed by atoms with E-state index in [4.69, 9.17) is 22.3 Å². The maximum Gasteiger partial charge on any atom is 0.110 e. The number of nitrogens with two attached hydrogens (primary N) is 1. The molecule has 3 nitrogen and oxygen atoms in total. The molecule has 1 aromatic heterocycles. The second-order valence-corrected chi connectivity index (χ2v) is 6.60. The highest BCUT2D eigenvalue weighted by molar-refractivity contribution is 6.31. The first-order valence-electron chi connectivity index (χ1n) is 7.44. The van der Waals surface area contributed by atoms with Crippen molar-refractivity contribution in [3.63, 3.8) is 0 Å². The van der Waals surface area contributed by atoms with Gasteiger partial charge in [0.2, 0.25) is 0 Å². The molecule has 1 saturated carbocycles. The van der Waals surface area contributed by atoms with Crippen molar-refractivity contribution in [3.05, 3.63) is 29.0 Å². The van der Waals surface area contributed by atoms with E-state index in [0.29, 0.717) is 0 Å². The van der Waals surface area contributed by atoms with Gasteiger partial charge in [-0.05, 0) is 43.0 Å². The lowest BCUT2D eigenvalue weighted by Crippen LogP contribution is -2.35. The highest BCUT2D eigenvalue weighted by Crippen LogP contribution is 2.38. The number of benzene rings is 1. The summed E-state index contributed by atoms with van der Waals surface area (Å²) < 4.78 is 2.19. The summed E-state index contributed by atoms with van der Waals surface area (Å²) in [7, 11) is 2.09. The van der Waals surface area contributed by atoms with Crippen LogP contribution in [0.3, 0.4) is 0 Å². The number of fused-ring (bicyclic) bond motifs is 1. The van der Waals surface area contributed by atoms with E-state index in [2.05, 4.69) is 11.6 Å². The molecule has 1 aliphatic carbocycles. The Morgan fingerprint density at radius 1 is 1.30 bits per heavy atom. The van der Waals surface area contributed by atoms with E-state index >= 15 is 0 Å². The Hall–Kier alpha value is -1.06. The van der Waals surface area contributed by atoms with Gasteiger partial charge in [0.15, 0.2) is 0 Å². The Balaban J connectivity index is 1.95. The van der Waals surface area contributed by atoms with E-state index < -0.39 is 0 Å². The van der Waals surface area contributed by atoms with Crippen molar-refractivity contribution in [3.8, 4) is 0 Å². The van der Waals surface area contributed by atoms with Crippen LogP contribution in [0, 0.1) is 5.41 Å². The molecular weight excluding hydrogens is 270 g/mol. The van der Waals surface area contributed by atoms with Crippen LogP contribution in [0.5, 0.6) is 0 Å². The summed E-state index contributed by atoms with van der Waals surface area (Å²) in [6.07, 6.45) is 7.38. The highest BCUT2D eigenvalue weighted by atomic mass is 35.5. The minimum Gasteiger partial charge on any atom is -0.331 e. The van der Waals surface area contributed by atoms with Gasteiger partial charge in [-0.2, -0.15) is 0 Å². The number of imidazole rings is 1. The number of aromatic nitrogens is 2. The van der Waals surface area contributed by atoms with E-state index in [-0.39, 0.29) is 5.41 Å². The molecule has 0 aliphatic heterocycles. The van der Waals surface area contributed by atoms with E-state index in [1.807, 2.05) is 18.2 Å². The average Bonchev–Trinajstić information content (AvgIpc) is 2.75. The molecule has 0 amide bonds. The van der Waals surface area contributed by atoms with Crippen LogP contribution < -0.4 is 5.73 Å². The van der Waals surface area contributed by atoms with Crippen LogP contribution >= 0.6 is 11.6 Å². The Morgan fingerprint density at radius 3 is 2.75 bits per heavy atom. The molecule has 0 bridgehead atoms. The van der Waals surface area contributed by atoms with Crippen LogP contribution in [0.25, 0.3) is 11.0 Å². The van der Waals surface area contributed by atoms with E-state index in [9.17, 15) is 0 Å². The average molecular weight is 292 g/mol. The summed E-state index contributed by atoms with van der Waals surface area (Å²) in [5, 5.41) is 0.744. The summed E-state index contributed by atoms with van der Waals surface area (Å²) in [5.41, 5.74) is 8.47. The lowest BCUT2D eigenvalue weighted by Gasteiger charge is -2.36. The second-order valence-electron chi connectivity index (χ2n) is 6.16. The smallest absolute Gasteiger partial charge is 0.110 e. The standard InChI is InChI=1S/C16H22ClN3/c1-20-14-6-5-12(17)9-13(14)19-15(20)10-16(11-18)7-3-2-4-8-16/h5-6,9H,2-4,7-8,10-11,18H2,1H3. The summed E-state index contributed by atoms with van der Waals surface area (Å²) in [5.74, 6) is 1.13. The molecule has 0 saturated heterocycles. The molecular formula is C16H22ClN3. The molecule has 1 aliphatic rings. The molecule has 1 heterocycles. The van der Waals surface area contributed by atoms with Crippen molar-refractivity contribution in [1.82, 2.24) is 9.55 Å². The van der Waals surface area contributed by atoms with Crippen LogP contribution in [0.15, 0.2) is 18.2 Å². The minimum absolute atomic E-state index is 0.247. The molecule has 2 aromatic rings. The molecule has 0 radical (unpaired) electrons. The van der Waals surface area contributed by atoms with Gasteiger partial charge in [0.05, 0.1) is 11.0 Å². The number of hydrogen-bond donors (Lipinski definition) is 1. The van der Waals surface area contributed by atoms with Crippen molar-refractivity contribution >= 4 is 22.6 Å². The Morgan fingerprint density at radius 2 is 2.05 bits per heavy atom. The third-order valence-corrected chi connectivity index (χ3v) is 5.05. The molecule has 4 heteroatoms. The van der Waals surface area contributed by atoms with Crippen molar-refractivity contribution in [2.45, 2.75) is 38.5 Å². The van der Waals surface area contributed by atoms with Gasteiger partial charge >= 0.3 is 0 Å². The van der Waals surface area contributed by atoms with Gasteiger partial charge in [0.1, 0.15) is 5.82 Å². The molecule has 3 rings (SSSR count). The maximum absolute atomic E-state index is 6.10. The fraction of sp³-hybridized carbons (Fsp3) is 0.562. The zero-order valence-electron chi connectivity index (χ0n) is 12.0. The monoisotopic (exact) mass is 291 g/mol. The third kappa shape index (κ3) is 2.45. The van der Waals surface area contributed by atoms with Crippen LogP contribution in [-0.2, 0) is 13.5 Å². The first kappa shape index (κ1) is 13.9. The molecule has 0 unspecified atom stereocenters. The lowest BCUT2D eigenvalue weighted by molar-refractivity contribution is 0.192. The first-order valence-corrected chi connectivity index (χ1v) is 7.82. The Bertz CT molecular complexity index is 611. The number of hydrogen-bond acceptors (Lipinski definition) is 2. The Labute approximate surface area is 125 Å². The molecule has 0 spiro atoms. The lowest BCUT2D eigenvalue weighted by atomic mass is 9.71. The van der Waals surface area contributed by atoms with E-state index in [1.165, 1.54) is 32.1 Å². The first-order chi connectivity index (χ1) is 9.63. The van der Waals surface area contributed by atoms with Gasteiger partial charge in [-0.25, -0.2) is 4.98 Å². The highest BCUT2D eigenvalue weighted by Gasteiger charge is 2.32. The zero-order valence-corrected chi connectivity index (χ0v) is 12.8.